The molecule has 5 fully saturated rings. The topological polar surface area (TPSA) is 111 Å². The first-order valence-corrected chi connectivity index (χ1v) is 16.5. The zero-order chi connectivity index (χ0) is 31.8. The summed E-state index contributed by atoms with van der Waals surface area (Å²) in [4.78, 5) is 37.8. The third kappa shape index (κ3) is 4.57. The Morgan fingerprint density at radius 3 is 2.14 bits per heavy atom. The Labute approximate surface area is 258 Å². The normalized spacial score (nSPS) is 47.7. The van der Waals surface area contributed by atoms with E-state index in [0.29, 0.717) is 12.8 Å². The molecule has 8 nitrogen and oxygen atoms in total. The minimum atomic E-state index is -0.542. The molecule has 0 spiro atoms. The molecule has 43 heavy (non-hydrogen) atoms. The Balaban J connectivity index is 1.59. The van der Waals surface area contributed by atoms with E-state index in [2.05, 4.69) is 46.7 Å². The fraction of sp³-hybridized carbons (Fsp3) is 0.886. The van der Waals surface area contributed by atoms with E-state index in [4.69, 9.17) is 14.2 Å². The number of rotatable bonds is 4. The lowest BCUT2D eigenvalue weighted by Crippen LogP contribution is -2.70. The van der Waals surface area contributed by atoms with Crippen LogP contribution in [-0.4, -0.2) is 48.6 Å². The summed E-state index contributed by atoms with van der Waals surface area (Å²) in [6.45, 7) is 17.1. The number of methoxy groups -OCH3 is 1. The van der Waals surface area contributed by atoms with E-state index < -0.39 is 10.8 Å². The van der Waals surface area contributed by atoms with Crippen LogP contribution in [0.2, 0.25) is 0 Å². The van der Waals surface area contributed by atoms with Gasteiger partial charge in [-0.05, 0) is 104 Å². The predicted molar refractivity (Wildman–Crippen MR) is 162 cm³/mol. The van der Waals surface area contributed by atoms with Crippen molar-refractivity contribution in [3.05, 3.63) is 0 Å². The molecule has 0 aromatic rings. The van der Waals surface area contributed by atoms with Crippen molar-refractivity contribution < 1.29 is 33.8 Å². The smallest absolute Gasteiger partial charge is 0.312 e. The summed E-state index contributed by atoms with van der Waals surface area (Å²) in [7, 11) is 1.52. The number of fused-ring (bicyclic) bond motifs is 7. The van der Waals surface area contributed by atoms with Gasteiger partial charge < -0.3 is 19.4 Å². The second kappa shape index (κ2) is 10.5. The SMILES string of the molecule is COC(=O)[C@]12CCC(C)(C)C[C@H]1C1/C(=N/O)C[C@@H]3[C@@]4(C)CC[C@H](OC(C)=O)[C@@](C)(COC(C)=O)[C@@H]4CC[C@@]3(C)[C@]1(C)CC2. The van der Waals surface area contributed by atoms with Crippen molar-refractivity contribution in [2.45, 2.75) is 126 Å². The highest BCUT2D eigenvalue weighted by Gasteiger charge is 2.73. The van der Waals surface area contributed by atoms with Crippen LogP contribution >= 0.6 is 0 Å². The quantitative estimate of drug-likeness (QED) is 0.161. The zero-order valence-corrected chi connectivity index (χ0v) is 28.0. The molecular weight excluding hydrogens is 546 g/mol. The fourth-order valence-electron chi connectivity index (χ4n) is 12.0. The number of hydrogen-bond acceptors (Lipinski definition) is 8. The third-order valence-electron chi connectivity index (χ3n) is 14.4. The summed E-state index contributed by atoms with van der Waals surface area (Å²) < 4.78 is 17.1. The Bertz CT molecular complexity index is 1200. The maximum absolute atomic E-state index is 13.6. The predicted octanol–water partition coefficient (Wildman–Crippen LogP) is 6.96. The maximum atomic E-state index is 13.6. The molecule has 0 aliphatic heterocycles. The number of esters is 3. The number of nitrogens with zero attached hydrogens (tertiary/aromatic N) is 1. The summed E-state index contributed by atoms with van der Waals surface area (Å²) in [6, 6.07) is 0. The van der Waals surface area contributed by atoms with Gasteiger partial charge in [0.15, 0.2) is 0 Å². The van der Waals surface area contributed by atoms with E-state index in [1.54, 1.807) is 0 Å². The molecule has 1 N–H and O–H groups in total. The second-order valence-corrected chi connectivity index (χ2v) is 16.8. The molecule has 5 aliphatic rings. The number of oxime groups is 1. The van der Waals surface area contributed by atoms with Crippen molar-refractivity contribution in [3.8, 4) is 0 Å². The van der Waals surface area contributed by atoms with Gasteiger partial charge in [-0.1, -0.05) is 46.7 Å². The molecule has 5 aliphatic carbocycles. The Morgan fingerprint density at radius 2 is 1.53 bits per heavy atom. The van der Waals surface area contributed by atoms with Crippen molar-refractivity contribution in [2.24, 2.45) is 61.3 Å². The minimum absolute atomic E-state index is 0.00357. The maximum Gasteiger partial charge on any atom is 0.312 e. The van der Waals surface area contributed by atoms with Crippen molar-refractivity contribution in [1.82, 2.24) is 0 Å². The average Bonchev–Trinajstić information content (AvgIpc) is 2.93. The van der Waals surface area contributed by atoms with Gasteiger partial charge in [-0.25, -0.2) is 0 Å². The standard InChI is InChI=1S/C35H55NO7/c1-21(37)42-20-32(6)25-10-13-33(7)26(31(25,5)12-11-27(32)43-22(2)38)18-24(36-40)28-23-19-30(3,4)14-16-35(23,29(39)41-9)17-15-34(28,33)8/h23,25-28,40H,10-20H2,1-9H3/b36-24+/t23-,25+,26+,27-,28?,31-,32-,33+,34+,35-/m0/s1. The Hall–Kier alpha value is -2.12. The van der Waals surface area contributed by atoms with Gasteiger partial charge in [0.05, 0.1) is 18.2 Å². The van der Waals surface area contributed by atoms with Crippen molar-refractivity contribution in [1.29, 1.82) is 0 Å². The third-order valence-corrected chi connectivity index (χ3v) is 14.4. The largest absolute Gasteiger partial charge is 0.469 e. The molecule has 0 saturated heterocycles. The highest BCUT2D eigenvalue weighted by atomic mass is 16.6. The summed E-state index contributed by atoms with van der Waals surface area (Å²) in [5.41, 5.74) is -0.510. The molecule has 10 atom stereocenters. The van der Waals surface area contributed by atoms with E-state index in [0.717, 1.165) is 57.1 Å². The van der Waals surface area contributed by atoms with Gasteiger partial charge >= 0.3 is 17.9 Å². The molecule has 5 rings (SSSR count). The van der Waals surface area contributed by atoms with E-state index in [-0.39, 0.29) is 76.0 Å². The fourth-order valence-corrected chi connectivity index (χ4v) is 12.0. The molecule has 0 aromatic carbocycles. The van der Waals surface area contributed by atoms with Gasteiger partial charge in [-0.3, -0.25) is 14.4 Å². The van der Waals surface area contributed by atoms with Crippen LogP contribution in [0, 0.1) is 56.2 Å². The summed E-state index contributed by atoms with van der Waals surface area (Å²) in [5.74, 6) is -0.296. The lowest BCUT2D eigenvalue weighted by Gasteiger charge is -2.73. The first-order chi connectivity index (χ1) is 19.9. The first-order valence-electron chi connectivity index (χ1n) is 16.5. The lowest BCUT2D eigenvalue weighted by molar-refractivity contribution is -0.243. The van der Waals surface area contributed by atoms with Crippen LogP contribution in [0.1, 0.15) is 120 Å². The van der Waals surface area contributed by atoms with Crippen LogP contribution in [0.25, 0.3) is 0 Å². The van der Waals surface area contributed by atoms with Gasteiger partial charge in [-0.15, -0.1) is 0 Å². The van der Waals surface area contributed by atoms with Crippen molar-refractivity contribution in [2.75, 3.05) is 13.7 Å². The number of carbonyl (C=O) groups excluding carboxylic acids is 3. The molecule has 0 heterocycles. The van der Waals surface area contributed by atoms with Gasteiger partial charge in [0.2, 0.25) is 0 Å². The molecule has 5 saturated carbocycles. The van der Waals surface area contributed by atoms with Crippen LogP contribution < -0.4 is 0 Å². The highest BCUT2D eigenvalue weighted by Crippen LogP contribution is 2.76. The van der Waals surface area contributed by atoms with E-state index in [1.807, 2.05) is 0 Å². The van der Waals surface area contributed by atoms with E-state index in [1.165, 1.54) is 21.0 Å². The van der Waals surface area contributed by atoms with Crippen LogP contribution in [0.3, 0.4) is 0 Å². The number of ether oxygens (including phenoxy) is 3. The summed E-state index contributed by atoms with van der Waals surface area (Å²) >= 11 is 0. The molecule has 0 aromatic heterocycles. The van der Waals surface area contributed by atoms with Crippen LogP contribution in [-0.2, 0) is 28.6 Å². The van der Waals surface area contributed by atoms with Crippen LogP contribution in [0.4, 0.5) is 0 Å². The summed E-state index contributed by atoms with van der Waals surface area (Å²) in [6.07, 6.45) is 8.24. The molecule has 1 unspecified atom stereocenters. The molecule has 0 bridgehead atoms. The first kappa shape index (κ1) is 32.3. The Morgan fingerprint density at radius 1 is 0.860 bits per heavy atom. The Kier molecular flexibility index (Phi) is 7.86. The lowest BCUT2D eigenvalue weighted by atomic mass is 9.31. The molecular formula is C35H55NO7. The van der Waals surface area contributed by atoms with Crippen molar-refractivity contribution >= 4 is 23.6 Å². The van der Waals surface area contributed by atoms with E-state index >= 15 is 0 Å². The van der Waals surface area contributed by atoms with Crippen molar-refractivity contribution in [3.63, 3.8) is 0 Å². The molecule has 8 heteroatoms. The number of carbonyl (C=O) groups is 3. The van der Waals surface area contributed by atoms with Gasteiger partial charge in [0.1, 0.15) is 12.7 Å². The zero-order valence-electron chi connectivity index (χ0n) is 28.0. The van der Waals surface area contributed by atoms with Gasteiger partial charge in [-0.2, -0.15) is 0 Å². The molecule has 242 valence electrons. The molecule has 0 amide bonds. The average molecular weight is 602 g/mol. The number of hydrogen-bond donors (Lipinski definition) is 1. The van der Waals surface area contributed by atoms with Crippen LogP contribution in [0.15, 0.2) is 5.16 Å². The minimum Gasteiger partial charge on any atom is -0.469 e. The highest BCUT2D eigenvalue weighted by molar-refractivity contribution is 5.90. The second-order valence-electron chi connectivity index (χ2n) is 16.8. The molecule has 0 radical (unpaired) electrons. The van der Waals surface area contributed by atoms with E-state index in [9.17, 15) is 19.6 Å². The van der Waals surface area contributed by atoms with Gasteiger partial charge in [0, 0.05) is 25.2 Å². The van der Waals surface area contributed by atoms with Crippen LogP contribution in [0.5, 0.6) is 0 Å². The van der Waals surface area contributed by atoms with Gasteiger partial charge in [0.25, 0.3) is 0 Å². The monoisotopic (exact) mass is 601 g/mol. The summed E-state index contributed by atoms with van der Waals surface area (Å²) in [5, 5.41) is 14.8.